The maximum atomic E-state index is 13.0. The van der Waals surface area contributed by atoms with Crippen LogP contribution in [0.3, 0.4) is 0 Å². The first-order chi connectivity index (χ1) is 7.47. The highest BCUT2D eigenvalue weighted by Gasteiger charge is 2.15. The van der Waals surface area contributed by atoms with Crippen LogP contribution in [0.2, 0.25) is 0 Å². The zero-order valence-electron chi connectivity index (χ0n) is 8.29. The van der Waals surface area contributed by atoms with E-state index in [1.807, 2.05) is 0 Å². The van der Waals surface area contributed by atoms with Crippen LogP contribution in [0.1, 0.15) is 5.56 Å². The fourth-order valence-corrected chi connectivity index (χ4v) is 0.993. The minimum absolute atomic E-state index is 0.239. The van der Waals surface area contributed by atoms with E-state index in [1.54, 1.807) is 0 Å². The van der Waals surface area contributed by atoms with Crippen molar-refractivity contribution in [2.45, 2.75) is 0 Å². The molecule has 6 heteroatoms. The van der Waals surface area contributed by atoms with Crippen LogP contribution < -0.4 is 5.32 Å². The van der Waals surface area contributed by atoms with Crippen LogP contribution in [-0.4, -0.2) is 23.2 Å². The molecule has 4 nitrogen and oxygen atoms in total. The molecule has 86 valence electrons. The molecule has 1 rings (SSSR count). The van der Waals surface area contributed by atoms with Crippen molar-refractivity contribution in [2.75, 3.05) is 7.05 Å². The van der Waals surface area contributed by atoms with Gasteiger partial charge in [0.15, 0.2) is 17.3 Å². The molecule has 0 atom stereocenters. The van der Waals surface area contributed by atoms with Gasteiger partial charge in [0.2, 0.25) is 11.7 Å². The molecule has 0 heterocycles. The first-order valence-corrected chi connectivity index (χ1v) is 4.27. The second-order valence-corrected chi connectivity index (χ2v) is 2.91. The lowest BCUT2D eigenvalue weighted by Crippen LogP contribution is -2.13. The number of amides is 1. The minimum atomic E-state index is -1.46. The van der Waals surface area contributed by atoms with Gasteiger partial charge in [0.1, 0.15) is 0 Å². The number of halogens is 2. The highest BCUT2D eigenvalue weighted by Crippen LogP contribution is 2.31. The number of carbonyl (C=O) groups is 1. The van der Waals surface area contributed by atoms with Gasteiger partial charge in [-0.25, -0.2) is 4.39 Å². The molecule has 0 aliphatic heterocycles. The van der Waals surface area contributed by atoms with Crippen molar-refractivity contribution in [3.8, 4) is 11.5 Å². The van der Waals surface area contributed by atoms with Crippen molar-refractivity contribution in [3.63, 3.8) is 0 Å². The Hall–Kier alpha value is -2.11. The summed E-state index contributed by atoms with van der Waals surface area (Å²) in [5.41, 5.74) is -0.239. The lowest BCUT2D eigenvalue weighted by atomic mass is 10.1. The fourth-order valence-electron chi connectivity index (χ4n) is 0.993. The molecule has 0 unspecified atom stereocenters. The summed E-state index contributed by atoms with van der Waals surface area (Å²) >= 11 is 0. The molecule has 0 aliphatic rings. The third-order valence-electron chi connectivity index (χ3n) is 1.86. The molecule has 0 radical (unpaired) electrons. The number of aromatic hydroxyl groups is 2. The van der Waals surface area contributed by atoms with Crippen molar-refractivity contribution < 1.29 is 23.8 Å². The number of hydrogen-bond donors (Lipinski definition) is 3. The molecule has 0 bridgehead atoms. The third kappa shape index (κ3) is 2.28. The smallest absolute Gasteiger partial charge is 0.243 e. The molecule has 3 N–H and O–H groups in total. The van der Waals surface area contributed by atoms with Gasteiger partial charge in [-0.3, -0.25) is 4.79 Å². The van der Waals surface area contributed by atoms with Gasteiger partial charge in [-0.15, -0.1) is 0 Å². The van der Waals surface area contributed by atoms with Gasteiger partial charge in [0, 0.05) is 18.7 Å². The van der Waals surface area contributed by atoms with Crippen LogP contribution in [0.5, 0.6) is 11.5 Å². The largest absolute Gasteiger partial charge is 0.504 e. The Morgan fingerprint density at radius 3 is 2.56 bits per heavy atom. The first kappa shape index (κ1) is 12.0. The zero-order valence-corrected chi connectivity index (χ0v) is 8.29. The molecule has 0 spiro atoms. The lowest BCUT2D eigenvalue weighted by molar-refractivity contribution is -0.115. The maximum Gasteiger partial charge on any atom is 0.243 e. The van der Waals surface area contributed by atoms with E-state index >= 15 is 0 Å². The second-order valence-electron chi connectivity index (χ2n) is 2.91. The number of phenolic OH excluding ortho intramolecular Hbond substituents is 2. The molecule has 0 aliphatic carbocycles. The zero-order chi connectivity index (χ0) is 12.3. The summed E-state index contributed by atoms with van der Waals surface area (Å²) in [6, 6.07) is 0.715. The number of likely N-dealkylation sites (N-methyl/N-ethyl adjacent to an activating group) is 1. The summed E-state index contributed by atoms with van der Waals surface area (Å²) < 4.78 is 25.9. The molecule has 1 aromatic rings. The van der Waals surface area contributed by atoms with E-state index in [0.29, 0.717) is 6.07 Å². The molecule has 0 fully saturated rings. The average Bonchev–Trinajstić information content (AvgIpc) is 2.28. The van der Waals surface area contributed by atoms with E-state index in [9.17, 15) is 18.7 Å². The van der Waals surface area contributed by atoms with Gasteiger partial charge in [0.05, 0.1) is 0 Å². The molecule has 0 aromatic heterocycles. The van der Waals surface area contributed by atoms with E-state index in [4.69, 9.17) is 5.11 Å². The van der Waals surface area contributed by atoms with Crippen LogP contribution in [0.15, 0.2) is 12.1 Å². The summed E-state index contributed by atoms with van der Waals surface area (Å²) in [7, 11) is 1.38. The van der Waals surface area contributed by atoms with Gasteiger partial charge < -0.3 is 15.5 Å². The average molecular weight is 229 g/mol. The van der Waals surface area contributed by atoms with Gasteiger partial charge in [0.25, 0.3) is 0 Å². The number of phenols is 2. The Balaban J connectivity index is 3.16. The quantitative estimate of drug-likeness (QED) is 0.666. The predicted molar refractivity (Wildman–Crippen MR) is 52.8 cm³/mol. The number of hydrogen-bond acceptors (Lipinski definition) is 3. The van der Waals surface area contributed by atoms with Crippen molar-refractivity contribution in [1.82, 2.24) is 5.32 Å². The van der Waals surface area contributed by atoms with Crippen LogP contribution in [0.4, 0.5) is 8.78 Å². The number of rotatable bonds is 2. The van der Waals surface area contributed by atoms with Crippen molar-refractivity contribution in [2.24, 2.45) is 0 Å². The van der Waals surface area contributed by atoms with Crippen LogP contribution in [0.25, 0.3) is 6.08 Å². The molecule has 0 saturated heterocycles. The SMILES string of the molecule is CNC(=O)/C=C\c1cc(F)c(O)c(F)c1O. The van der Waals surface area contributed by atoms with Crippen LogP contribution >= 0.6 is 0 Å². The molecule has 1 aromatic carbocycles. The third-order valence-corrected chi connectivity index (χ3v) is 1.86. The van der Waals surface area contributed by atoms with E-state index in [0.717, 1.165) is 12.2 Å². The summed E-state index contributed by atoms with van der Waals surface area (Å²) in [5, 5.41) is 20.3. The number of carbonyl (C=O) groups excluding carboxylic acids is 1. The first-order valence-electron chi connectivity index (χ1n) is 4.27. The minimum Gasteiger partial charge on any atom is -0.504 e. The van der Waals surface area contributed by atoms with Gasteiger partial charge in [-0.1, -0.05) is 0 Å². The lowest BCUT2D eigenvalue weighted by Gasteiger charge is -2.03. The standard InChI is InChI=1S/C10H9F2NO3/c1-13-7(14)3-2-5-4-6(11)10(16)8(12)9(5)15/h2-4,15-16H,1H3,(H,13,14)/b3-2-. The number of benzene rings is 1. The van der Waals surface area contributed by atoms with E-state index in [-0.39, 0.29) is 5.56 Å². The maximum absolute atomic E-state index is 13.0. The predicted octanol–water partition coefficient (Wildman–Crippen LogP) is 1.14. The molecule has 0 saturated carbocycles. The summed E-state index contributed by atoms with van der Waals surface area (Å²) in [5.74, 6) is -5.34. The highest BCUT2D eigenvalue weighted by atomic mass is 19.1. The molecular formula is C10H9F2NO3. The highest BCUT2D eigenvalue weighted by molar-refractivity contribution is 5.91. The molecule has 16 heavy (non-hydrogen) atoms. The summed E-state index contributed by atoms with van der Waals surface area (Å²) in [4.78, 5) is 10.8. The topological polar surface area (TPSA) is 69.6 Å². The van der Waals surface area contributed by atoms with E-state index in [1.165, 1.54) is 7.05 Å². The van der Waals surface area contributed by atoms with Crippen molar-refractivity contribution in [3.05, 3.63) is 29.3 Å². The summed E-state index contributed by atoms with van der Waals surface area (Å²) in [6.45, 7) is 0. The van der Waals surface area contributed by atoms with Gasteiger partial charge >= 0.3 is 0 Å². The Morgan fingerprint density at radius 2 is 2.00 bits per heavy atom. The van der Waals surface area contributed by atoms with Crippen molar-refractivity contribution in [1.29, 1.82) is 0 Å². The van der Waals surface area contributed by atoms with Crippen LogP contribution in [-0.2, 0) is 4.79 Å². The molecular weight excluding hydrogens is 220 g/mol. The fraction of sp³-hybridized carbons (Fsp3) is 0.100. The normalized spacial score (nSPS) is 10.7. The monoisotopic (exact) mass is 229 g/mol. The Labute approximate surface area is 89.8 Å². The van der Waals surface area contributed by atoms with Crippen molar-refractivity contribution >= 4 is 12.0 Å². The van der Waals surface area contributed by atoms with E-state index < -0.39 is 29.0 Å². The Morgan fingerprint density at radius 1 is 1.38 bits per heavy atom. The summed E-state index contributed by atoms with van der Waals surface area (Å²) in [6.07, 6.45) is 2.02. The van der Waals surface area contributed by atoms with Crippen LogP contribution in [0, 0.1) is 11.6 Å². The second kappa shape index (κ2) is 4.61. The van der Waals surface area contributed by atoms with E-state index in [2.05, 4.69) is 5.32 Å². The Bertz CT molecular complexity index is 458. The van der Waals surface area contributed by atoms with Gasteiger partial charge in [-0.05, 0) is 12.1 Å². The van der Waals surface area contributed by atoms with Gasteiger partial charge in [-0.2, -0.15) is 4.39 Å². The number of nitrogens with one attached hydrogen (secondary N) is 1. The molecule has 1 amide bonds. The Kier molecular flexibility index (Phi) is 3.44.